The molecule has 0 unspecified atom stereocenters. The van der Waals surface area contributed by atoms with Crippen molar-refractivity contribution < 1.29 is 0 Å². The van der Waals surface area contributed by atoms with Crippen molar-refractivity contribution in [3.05, 3.63) is 29.3 Å². The molecule has 1 saturated heterocycles. The molecule has 2 N–H and O–H groups in total. The molecule has 0 radical (unpaired) electrons. The second kappa shape index (κ2) is 6.40. The quantitative estimate of drug-likeness (QED) is 0.900. The minimum absolute atomic E-state index is 0.677. The van der Waals surface area contributed by atoms with Crippen LogP contribution in [0.2, 0.25) is 0 Å². The van der Waals surface area contributed by atoms with E-state index in [1.54, 1.807) is 0 Å². The van der Waals surface area contributed by atoms with E-state index in [1.165, 1.54) is 42.7 Å². The molecule has 1 aliphatic rings. The first-order valence-corrected chi connectivity index (χ1v) is 7.33. The van der Waals surface area contributed by atoms with Crippen LogP contribution in [0.5, 0.6) is 0 Å². The molecule has 19 heavy (non-hydrogen) atoms. The number of aryl methyl sites for hydroxylation is 1. The Kier molecular flexibility index (Phi) is 4.83. The van der Waals surface area contributed by atoms with Crippen LogP contribution >= 0.6 is 0 Å². The molecule has 3 heteroatoms. The fourth-order valence-corrected chi connectivity index (χ4v) is 2.93. The van der Waals surface area contributed by atoms with E-state index in [4.69, 9.17) is 5.73 Å². The van der Waals surface area contributed by atoms with Crippen molar-refractivity contribution in [3.63, 3.8) is 0 Å². The Labute approximate surface area is 117 Å². The average molecular weight is 261 g/mol. The number of hydrogen-bond donors (Lipinski definition) is 1. The van der Waals surface area contributed by atoms with Crippen molar-refractivity contribution >= 4 is 5.69 Å². The van der Waals surface area contributed by atoms with Crippen molar-refractivity contribution in [1.29, 1.82) is 0 Å². The molecule has 0 aromatic heterocycles. The number of rotatable bonds is 4. The summed E-state index contributed by atoms with van der Waals surface area (Å²) in [6.07, 6.45) is 3.50. The van der Waals surface area contributed by atoms with Gasteiger partial charge in [0.25, 0.3) is 0 Å². The Bertz CT molecular complexity index is 408. The number of nitrogens with two attached hydrogens (primary N) is 1. The van der Waals surface area contributed by atoms with Crippen molar-refractivity contribution in [2.24, 2.45) is 5.73 Å². The number of likely N-dealkylation sites (tertiary alicyclic amines) is 1. The molecule has 0 aliphatic carbocycles. The lowest BCUT2D eigenvalue weighted by atomic mass is 10.0. The van der Waals surface area contributed by atoms with Gasteiger partial charge in [0.15, 0.2) is 0 Å². The number of benzene rings is 1. The van der Waals surface area contributed by atoms with Gasteiger partial charge in [0, 0.05) is 18.8 Å². The molecule has 2 rings (SSSR count). The number of piperidine rings is 1. The molecular weight excluding hydrogens is 234 g/mol. The molecule has 3 nitrogen and oxygen atoms in total. The van der Waals surface area contributed by atoms with Crippen LogP contribution in [0.25, 0.3) is 0 Å². The summed E-state index contributed by atoms with van der Waals surface area (Å²) in [6.45, 7) is 5.33. The topological polar surface area (TPSA) is 32.5 Å². The van der Waals surface area contributed by atoms with E-state index in [2.05, 4.69) is 49.0 Å². The number of nitrogens with zero attached hydrogens (tertiary/aromatic N) is 2. The van der Waals surface area contributed by atoms with Gasteiger partial charge in [0.05, 0.1) is 0 Å². The van der Waals surface area contributed by atoms with Gasteiger partial charge in [-0.15, -0.1) is 0 Å². The maximum Gasteiger partial charge on any atom is 0.0368 e. The van der Waals surface area contributed by atoms with Crippen LogP contribution in [0.3, 0.4) is 0 Å². The maximum atomic E-state index is 5.64. The fraction of sp³-hybridized carbons (Fsp3) is 0.625. The van der Waals surface area contributed by atoms with Crippen LogP contribution in [-0.4, -0.2) is 44.7 Å². The van der Waals surface area contributed by atoms with Gasteiger partial charge in [-0.25, -0.2) is 0 Å². The molecule has 106 valence electrons. The molecule has 1 aromatic rings. The van der Waals surface area contributed by atoms with Gasteiger partial charge in [-0.05, 0) is 76.1 Å². The van der Waals surface area contributed by atoms with Crippen molar-refractivity contribution in [2.75, 3.05) is 38.6 Å². The van der Waals surface area contributed by atoms with E-state index < -0.39 is 0 Å². The van der Waals surface area contributed by atoms with Crippen LogP contribution in [0.1, 0.15) is 24.0 Å². The molecule has 0 spiro atoms. The normalized spacial score (nSPS) is 17.7. The third-order valence-electron chi connectivity index (χ3n) is 4.38. The van der Waals surface area contributed by atoms with Crippen LogP contribution in [0.15, 0.2) is 18.2 Å². The molecule has 1 heterocycles. The van der Waals surface area contributed by atoms with E-state index in [9.17, 15) is 0 Å². The molecule has 1 aliphatic heterocycles. The summed E-state index contributed by atoms with van der Waals surface area (Å²) in [6, 6.07) is 7.47. The summed E-state index contributed by atoms with van der Waals surface area (Å²) in [5, 5.41) is 0. The highest BCUT2D eigenvalue weighted by Gasteiger charge is 2.20. The zero-order valence-electron chi connectivity index (χ0n) is 12.5. The van der Waals surface area contributed by atoms with E-state index in [-0.39, 0.29) is 0 Å². The van der Waals surface area contributed by atoms with E-state index in [0.29, 0.717) is 6.04 Å². The van der Waals surface area contributed by atoms with E-state index in [1.807, 2.05) is 0 Å². The Morgan fingerprint density at radius 2 is 2.00 bits per heavy atom. The predicted molar refractivity (Wildman–Crippen MR) is 82.9 cm³/mol. The van der Waals surface area contributed by atoms with Crippen molar-refractivity contribution in [2.45, 2.75) is 32.2 Å². The summed E-state index contributed by atoms with van der Waals surface area (Å²) in [5.41, 5.74) is 9.72. The molecule has 0 bridgehead atoms. The van der Waals surface area contributed by atoms with Crippen LogP contribution in [0.4, 0.5) is 5.69 Å². The highest BCUT2D eigenvalue weighted by molar-refractivity contribution is 5.51. The Morgan fingerprint density at radius 1 is 1.32 bits per heavy atom. The average Bonchev–Trinajstić information content (AvgIpc) is 2.41. The number of anilines is 1. The highest BCUT2D eigenvalue weighted by Crippen LogP contribution is 2.24. The van der Waals surface area contributed by atoms with Gasteiger partial charge in [-0.1, -0.05) is 6.07 Å². The first-order chi connectivity index (χ1) is 9.11. The summed E-state index contributed by atoms with van der Waals surface area (Å²) in [4.78, 5) is 4.87. The SMILES string of the molecule is Cc1cc(N(C)C2CCN(C)CC2)ccc1CCN. The first kappa shape index (κ1) is 14.4. The lowest BCUT2D eigenvalue weighted by Crippen LogP contribution is -2.42. The fourth-order valence-electron chi connectivity index (χ4n) is 2.93. The summed E-state index contributed by atoms with van der Waals surface area (Å²) < 4.78 is 0. The smallest absolute Gasteiger partial charge is 0.0368 e. The number of hydrogen-bond acceptors (Lipinski definition) is 3. The van der Waals surface area contributed by atoms with Gasteiger partial charge >= 0.3 is 0 Å². The van der Waals surface area contributed by atoms with Crippen molar-refractivity contribution in [3.8, 4) is 0 Å². The zero-order chi connectivity index (χ0) is 13.8. The second-order valence-electron chi connectivity index (χ2n) is 5.79. The van der Waals surface area contributed by atoms with Gasteiger partial charge in [-0.3, -0.25) is 0 Å². The van der Waals surface area contributed by atoms with E-state index in [0.717, 1.165) is 13.0 Å². The van der Waals surface area contributed by atoms with Crippen LogP contribution in [0, 0.1) is 6.92 Å². The van der Waals surface area contributed by atoms with Crippen molar-refractivity contribution in [1.82, 2.24) is 4.90 Å². The van der Waals surface area contributed by atoms with Crippen LogP contribution in [-0.2, 0) is 6.42 Å². The largest absolute Gasteiger partial charge is 0.372 e. The molecule has 1 fully saturated rings. The van der Waals surface area contributed by atoms with Gasteiger partial charge in [0.1, 0.15) is 0 Å². The summed E-state index contributed by atoms with van der Waals surface area (Å²) in [7, 11) is 4.44. The second-order valence-corrected chi connectivity index (χ2v) is 5.79. The molecular formula is C16H27N3. The predicted octanol–water partition coefficient (Wildman–Crippen LogP) is 2.03. The Balaban J connectivity index is 2.06. The summed E-state index contributed by atoms with van der Waals surface area (Å²) >= 11 is 0. The Morgan fingerprint density at radius 3 is 2.58 bits per heavy atom. The maximum absolute atomic E-state index is 5.64. The minimum Gasteiger partial charge on any atom is -0.372 e. The highest BCUT2D eigenvalue weighted by atomic mass is 15.2. The van der Waals surface area contributed by atoms with Gasteiger partial charge in [0.2, 0.25) is 0 Å². The third-order valence-corrected chi connectivity index (χ3v) is 4.38. The van der Waals surface area contributed by atoms with Crippen LogP contribution < -0.4 is 10.6 Å². The first-order valence-electron chi connectivity index (χ1n) is 7.33. The Hall–Kier alpha value is -1.06. The molecule has 0 atom stereocenters. The minimum atomic E-state index is 0.677. The standard InChI is InChI=1S/C16H27N3/c1-13-12-16(5-4-14(13)6-9-17)19(3)15-7-10-18(2)11-8-15/h4-5,12,15H,6-11,17H2,1-3H3. The van der Waals surface area contributed by atoms with E-state index >= 15 is 0 Å². The molecule has 0 saturated carbocycles. The lowest BCUT2D eigenvalue weighted by Gasteiger charge is -2.36. The van der Waals surface area contributed by atoms with Gasteiger partial charge in [-0.2, -0.15) is 0 Å². The lowest BCUT2D eigenvalue weighted by molar-refractivity contribution is 0.253. The third kappa shape index (κ3) is 3.48. The zero-order valence-corrected chi connectivity index (χ0v) is 12.5. The monoisotopic (exact) mass is 261 g/mol. The molecule has 1 aromatic carbocycles. The summed E-state index contributed by atoms with van der Waals surface area (Å²) in [5.74, 6) is 0. The molecule has 0 amide bonds. The van der Waals surface area contributed by atoms with Gasteiger partial charge < -0.3 is 15.5 Å².